The molecule has 19 heavy (non-hydrogen) atoms. The van der Waals surface area contributed by atoms with Gasteiger partial charge in [0, 0.05) is 29.2 Å². The second-order valence-electron chi connectivity index (χ2n) is 4.70. The first kappa shape index (κ1) is 12.1. The van der Waals surface area contributed by atoms with Crippen LogP contribution in [0.2, 0.25) is 0 Å². The quantitative estimate of drug-likeness (QED) is 0.753. The van der Waals surface area contributed by atoms with Crippen LogP contribution in [0.15, 0.2) is 30.3 Å². The molecule has 2 aromatic rings. The largest absolute Gasteiger partial charge is 0.489 e. The molecule has 0 fully saturated rings. The summed E-state index contributed by atoms with van der Waals surface area (Å²) in [6.07, 6.45) is 0.516. The Balaban J connectivity index is 2.21. The summed E-state index contributed by atoms with van der Waals surface area (Å²) in [4.78, 5) is 0. The summed E-state index contributed by atoms with van der Waals surface area (Å²) >= 11 is 0. The van der Waals surface area contributed by atoms with Gasteiger partial charge in [0.25, 0.3) is 0 Å². The van der Waals surface area contributed by atoms with Crippen molar-refractivity contribution < 1.29 is 17.9 Å². The number of fused-ring (bicyclic) bond motifs is 1. The molecule has 1 heterocycles. The van der Waals surface area contributed by atoms with Crippen molar-refractivity contribution in [1.82, 2.24) is 0 Å². The normalized spacial score (nSPS) is 17.2. The van der Waals surface area contributed by atoms with E-state index in [-0.39, 0.29) is 11.7 Å². The SMILES string of the molecule is CC1Cc2cc(F)cc(-c3ccc(F)cc3F)c2O1. The van der Waals surface area contributed by atoms with Gasteiger partial charge in [-0.15, -0.1) is 0 Å². The molecule has 0 amide bonds. The topological polar surface area (TPSA) is 9.23 Å². The van der Waals surface area contributed by atoms with E-state index in [1.807, 2.05) is 6.92 Å². The van der Waals surface area contributed by atoms with Crippen molar-refractivity contribution in [3.63, 3.8) is 0 Å². The highest BCUT2D eigenvalue weighted by Crippen LogP contribution is 2.40. The van der Waals surface area contributed by atoms with Crippen molar-refractivity contribution in [2.45, 2.75) is 19.4 Å². The minimum absolute atomic E-state index is 0.0703. The van der Waals surface area contributed by atoms with Crippen LogP contribution in [0.4, 0.5) is 13.2 Å². The van der Waals surface area contributed by atoms with Crippen LogP contribution in [0.25, 0.3) is 11.1 Å². The van der Waals surface area contributed by atoms with Crippen LogP contribution in [0, 0.1) is 17.5 Å². The Labute approximate surface area is 108 Å². The Kier molecular flexibility index (Phi) is 2.73. The molecular weight excluding hydrogens is 253 g/mol. The summed E-state index contributed by atoms with van der Waals surface area (Å²) in [6.45, 7) is 1.86. The van der Waals surface area contributed by atoms with Gasteiger partial charge in [-0.2, -0.15) is 0 Å². The first-order valence-corrected chi connectivity index (χ1v) is 5.99. The number of halogens is 3. The van der Waals surface area contributed by atoms with E-state index in [1.54, 1.807) is 0 Å². The number of rotatable bonds is 1. The van der Waals surface area contributed by atoms with Crippen LogP contribution in [0.1, 0.15) is 12.5 Å². The summed E-state index contributed by atoms with van der Waals surface area (Å²) in [7, 11) is 0. The van der Waals surface area contributed by atoms with Crippen molar-refractivity contribution in [3.8, 4) is 16.9 Å². The summed E-state index contributed by atoms with van der Waals surface area (Å²) in [5, 5.41) is 0. The average Bonchev–Trinajstić information content (AvgIpc) is 2.68. The molecule has 0 aliphatic carbocycles. The van der Waals surface area contributed by atoms with Gasteiger partial charge < -0.3 is 4.74 Å². The molecule has 1 aliphatic heterocycles. The van der Waals surface area contributed by atoms with Gasteiger partial charge in [-0.25, -0.2) is 13.2 Å². The van der Waals surface area contributed by atoms with Crippen LogP contribution >= 0.6 is 0 Å². The molecule has 0 N–H and O–H groups in total. The van der Waals surface area contributed by atoms with E-state index in [9.17, 15) is 13.2 Å². The fraction of sp³-hybridized carbons (Fsp3) is 0.200. The third-order valence-electron chi connectivity index (χ3n) is 3.18. The molecule has 0 aromatic heterocycles. The molecule has 98 valence electrons. The number of benzene rings is 2. The minimum atomic E-state index is -0.726. The van der Waals surface area contributed by atoms with Crippen LogP contribution in [0.5, 0.6) is 5.75 Å². The van der Waals surface area contributed by atoms with E-state index in [1.165, 1.54) is 18.2 Å². The number of hydrogen-bond donors (Lipinski definition) is 0. The number of ether oxygens (including phenoxy) is 1. The Morgan fingerprint density at radius 3 is 2.53 bits per heavy atom. The van der Waals surface area contributed by atoms with E-state index in [0.717, 1.165) is 12.1 Å². The lowest BCUT2D eigenvalue weighted by atomic mass is 10.00. The van der Waals surface area contributed by atoms with Crippen LogP contribution in [0.3, 0.4) is 0 Å². The fourth-order valence-electron chi connectivity index (χ4n) is 2.40. The predicted molar refractivity (Wildman–Crippen MR) is 65.5 cm³/mol. The molecule has 1 nitrogen and oxygen atoms in total. The summed E-state index contributed by atoms with van der Waals surface area (Å²) in [5.41, 5.74) is 1.19. The number of hydrogen-bond acceptors (Lipinski definition) is 1. The van der Waals surface area contributed by atoms with Gasteiger partial charge in [0.15, 0.2) is 0 Å². The van der Waals surface area contributed by atoms with E-state index >= 15 is 0 Å². The molecule has 0 bridgehead atoms. The van der Waals surface area contributed by atoms with Crippen LogP contribution < -0.4 is 4.74 Å². The highest BCUT2D eigenvalue weighted by molar-refractivity contribution is 5.73. The molecule has 0 spiro atoms. The Morgan fingerprint density at radius 2 is 1.79 bits per heavy atom. The first-order valence-electron chi connectivity index (χ1n) is 5.99. The average molecular weight is 264 g/mol. The monoisotopic (exact) mass is 264 g/mol. The molecule has 0 saturated carbocycles. The lowest BCUT2D eigenvalue weighted by Gasteiger charge is -2.11. The molecule has 2 aromatic carbocycles. The van der Waals surface area contributed by atoms with E-state index in [4.69, 9.17) is 4.74 Å². The maximum atomic E-state index is 13.8. The minimum Gasteiger partial charge on any atom is -0.489 e. The highest BCUT2D eigenvalue weighted by atomic mass is 19.1. The highest BCUT2D eigenvalue weighted by Gasteiger charge is 2.25. The molecule has 1 atom stereocenters. The van der Waals surface area contributed by atoms with Gasteiger partial charge in [0.2, 0.25) is 0 Å². The third-order valence-corrected chi connectivity index (χ3v) is 3.18. The van der Waals surface area contributed by atoms with Crippen LogP contribution in [-0.4, -0.2) is 6.10 Å². The van der Waals surface area contributed by atoms with Gasteiger partial charge in [0.1, 0.15) is 29.3 Å². The predicted octanol–water partition coefficient (Wildman–Crippen LogP) is 4.09. The Bertz CT molecular complexity index is 652. The van der Waals surface area contributed by atoms with Gasteiger partial charge in [-0.1, -0.05) is 0 Å². The molecule has 1 unspecified atom stereocenters. The van der Waals surface area contributed by atoms with Crippen molar-refractivity contribution in [2.75, 3.05) is 0 Å². The molecular formula is C15H11F3O. The molecule has 3 rings (SSSR count). The van der Waals surface area contributed by atoms with Gasteiger partial charge in [-0.05, 0) is 31.2 Å². The van der Waals surface area contributed by atoms with E-state index < -0.39 is 17.5 Å². The molecule has 0 saturated heterocycles. The lowest BCUT2D eigenvalue weighted by Crippen LogP contribution is -2.05. The van der Waals surface area contributed by atoms with Crippen molar-refractivity contribution in [1.29, 1.82) is 0 Å². The third kappa shape index (κ3) is 2.07. The van der Waals surface area contributed by atoms with Crippen molar-refractivity contribution in [2.24, 2.45) is 0 Å². The second kappa shape index (κ2) is 4.30. The van der Waals surface area contributed by atoms with E-state index in [0.29, 0.717) is 23.3 Å². The smallest absolute Gasteiger partial charge is 0.134 e. The molecule has 4 heteroatoms. The van der Waals surface area contributed by atoms with Gasteiger partial charge >= 0.3 is 0 Å². The summed E-state index contributed by atoms with van der Waals surface area (Å²) < 4.78 is 45.9. The molecule has 0 radical (unpaired) electrons. The fourth-order valence-corrected chi connectivity index (χ4v) is 2.40. The zero-order valence-corrected chi connectivity index (χ0v) is 10.2. The second-order valence-corrected chi connectivity index (χ2v) is 4.70. The zero-order valence-electron chi connectivity index (χ0n) is 10.2. The van der Waals surface area contributed by atoms with Crippen LogP contribution in [-0.2, 0) is 6.42 Å². The Morgan fingerprint density at radius 1 is 1.00 bits per heavy atom. The lowest BCUT2D eigenvalue weighted by molar-refractivity contribution is 0.255. The molecule has 1 aliphatic rings. The Hall–Kier alpha value is -1.97. The van der Waals surface area contributed by atoms with Crippen molar-refractivity contribution in [3.05, 3.63) is 53.3 Å². The summed E-state index contributed by atoms with van der Waals surface area (Å²) in [6, 6.07) is 5.84. The standard InChI is InChI=1S/C15H11F3O/c1-8-4-9-5-11(17)6-13(15(9)19-8)12-3-2-10(16)7-14(12)18/h2-3,5-8H,4H2,1H3. The van der Waals surface area contributed by atoms with E-state index in [2.05, 4.69) is 0 Å². The van der Waals surface area contributed by atoms with Gasteiger partial charge in [0.05, 0.1) is 0 Å². The van der Waals surface area contributed by atoms with Gasteiger partial charge in [-0.3, -0.25) is 0 Å². The first-order chi connectivity index (χ1) is 9.04. The maximum absolute atomic E-state index is 13.8. The zero-order chi connectivity index (χ0) is 13.6. The summed E-state index contributed by atoms with van der Waals surface area (Å²) in [5.74, 6) is -1.35. The maximum Gasteiger partial charge on any atom is 0.134 e. The van der Waals surface area contributed by atoms with Crippen molar-refractivity contribution >= 4 is 0 Å².